The number of hydrogen-bond acceptors (Lipinski definition) is 3. The molecule has 3 nitrogen and oxygen atoms in total. The lowest BCUT2D eigenvalue weighted by atomic mass is 9.99. The van der Waals surface area contributed by atoms with E-state index in [4.69, 9.17) is 11.6 Å². The number of hydrogen-bond donors (Lipinski definition) is 1. The van der Waals surface area contributed by atoms with Crippen molar-refractivity contribution in [2.24, 2.45) is 5.92 Å². The highest BCUT2D eigenvalue weighted by molar-refractivity contribution is 6.31. The summed E-state index contributed by atoms with van der Waals surface area (Å²) in [5, 5.41) is 5.36. The molecule has 1 aliphatic rings. The van der Waals surface area contributed by atoms with Crippen LogP contribution in [0.1, 0.15) is 30.9 Å². The maximum absolute atomic E-state index is 6.11. The zero-order valence-corrected chi connectivity index (χ0v) is 16.8. The highest BCUT2D eigenvalue weighted by atomic mass is 35.5. The predicted octanol–water partition coefficient (Wildman–Crippen LogP) is 6.17. The van der Waals surface area contributed by atoms with Gasteiger partial charge in [-0.1, -0.05) is 24.6 Å². The smallest absolute Gasteiger partial charge is 0.0737 e. The molecule has 1 N–H and O–H groups in total. The molecule has 0 aliphatic carbocycles. The van der Waals surface area contributed by atoms with Crippen LogP contribution < -0.4 is 5.32 Å². The molecule has 1 fully saturated rings. The highest BCUT2D eigenvalue weighted by Crippen LogP contribution is 2.28. The van der Waals surface area contributed by atoms with Gasteiger partial charge in [-0.3, -0.25) is 9.88 Å². The molecule has 0 amide bonds. The maximum Gasteiger partial charge on any atom is 0.0737 e. The molecule has 140 valence electrons. The number of pyridine rings is 1. The van der Waals surface area contributed by atoms with Crippen LogP contribution >= 0.6 is 11.6 Å². The van der Waals surface area contributed by atoms with Crippen LogP contribution in [-0.2, 0) is 6.54 Å². The number of aryl methyl sites for hydroxylation is 1. The number of nitrogens with one attached hydrogen (secondary N) is 1. The van der Waals surface area contributed by atoms with Crippen molar-refractivity contribution in [2.45, 2.75) is 33.2 Å². The first kappa shape index (κ1) is 18.3. The molecule has 27 heavy (non-hydrogen) atoms. The molecule has 0 spiro atoms. The average Bonchev–Trinajstić information content (AvgIpc) is 2.64. The molecule has 0 bridgehead atoms. The Balaban J connectivity index is 1.58. The number of fused-ring (bicyclic) bond motifs is 1. The van der Waals surface area contributed by atoms with Crippen molar-refractivity contribution in [2.75, 3.05) is 18.4 Å². The molecule has 4 rings (SSSR count). The fourth-order valence-electron chi connectivity index (χ4n) is 3.98. The summed E-state index contributed by atoms with van der Waals surface area (Å²) in [6, 6.07) is 14.5. The van der Waals surface area contributed by atoms with Crippen LogP contribution in [0.25, 0.3) is 10.9 Å². The third-order valence-electron chi connectivity index (χ3n) is 5.47. The Labute approximate surface area is 166 Å². The van der Waals surface area contributed by atoms with Crippen molar-refractivity contribution >= 4 is 33.9 Å². The molecular formula is C23H26ClN3. The van der Waals surface area contributed by atoms with Gasteiger partial charge in [0, 0.05) is 41.1 Å². The number of likely N-dealkylation sites (tertiary alicyclic amines) is 1. The Morgan fingerprint density at radius 2 is 2.07 bits per heavy atom. The van der Waals surface area contributed by atoms with E-state index < -0.39 is 0 Å². The normalized spacial score (nSPS) is 18.0. The second-order valence-electron chi connectivity index (χ2n) is 7.77. The number of rotatable bonds is 4. The van der Waals surface area contributed by atoms with Gasteiger partial charge in [0.1, 0.15) is 0 Å². The topological polar surface area (TPSA) is 28.2 Å². The van der Waals surface area contributed by atoms with Gasteiger partial charge in [0.15, 0.2) is 0 Å². The van der Waals surface area contributed by atoms with Gasteiger partial charge >= 0.3 is 0 Å². The minimum absolute atomic E-state index is 0.709. The minimum Gasteiger partial charge on any atom is -0.355 e. The molecule has 3 aromatic rings. The lowest BCUT2D eigenvalue weighted by Crippen LogP contribution is -2.33. The number of piperidine rings is 1. The molecule has 1 atom stereocenters. The molecule has 2 aromatic carbocycles. The van der Waals surface area contributed by atoms with Crippen LogP contribution in [0.3, 0.4) is 0 Å². The Bertz CT molecular complexity index is 954. The Hall–Kier alpha value is -2.10. The summed E-state index contributed by atoms with van der Waals surface area (Å²) in [7, 11) is 0. The van der Waals surface area contributed by atoms with Gasteiger partial charge in [-0.05, 0) is 79.8 Å². The zero-order chi connectivity index (χ0) is 18.8. The summed E-state index contributed by atoms with van der Waals surface area (Å²) in [5.41, 5.74) is 5.82. The molecule has 0 radical (unpaired) electrons. The number of nitrogens with zero attached hydrogens (tertiary/aromatic N) is 2. The van der Waals surface area contributed by atoms with Crippen molar-refractivity contribution in [3.63, 3.8) is 0 Å². The summed E-state index contributed by atoms with van der Waals surface area (Å²) in [6.45, 7) is 8.00. The van der Waals surface area contributed by atoms with E-state index in [0.717, 1.165) is 34.7 Å². The second kappa shape index (κ2) is 7.87. The molecular weight excluding hydrogens is 354 g/mol. The molecule has 1 aliphatic heterocycles. The summed E-state index contributed by atoms with van der Waals surface area (Å²) < 4.78 is 0. The van der Waals surface area contributed by atoms with Gasteiger partial charge in [0.05, 0.1) is 5.52 Å². The van der Waals surface area contributed by atoms with Crippen molar-refractivity contribution in [3.8, 4) is 0 Å². The lowest BCUT2D eigenvalue weighted by molar-refractivity contribution is 0.176. The maximum atomic E-state index is 6.11. The summed E-state index contributed by atoms with van der Waals surface area (Å²) in [4.78, 5) is 7.02. The van der Waals surface area contributed by atoms with Crippen LogP contribution in [-0.4, -0.2) is 23.0 Å². The fourth-order valence-corrected chi connectivity index (χ4v) is 4.14. The third kappa shape index (κ3) is 4.26. The van der Waals surface area contributed by atoms with Crippen molar-refractivity contribution < 1.29 is 0 Å². The van der Waals surface area contributed by atoms with E-state index in [1.807, 2.05) is 30.5 Å². The standard InChI is InChI=1S/C23H26ClN3/c1-16-4-3-11-27(14-16)15-18-12-20(7-5-17(18)2)26-22-9-10-25-23-13-19(24)6-8-21(22)23/h5-10,12-13,16H,3-4,11,14-15H2,1-2H3,(H,25,26). The third-order valence-corrected chi connectivity index (χ3v) is 5.70. The van der Waals surface area contributed by atoms with Gasteiger partial charge in [0.25, 0.3) is 0 Å². The van der Waals surface area contributed by atoms with Crippen molar-refractivity contribution in [3.05, 3.63) is 64.8 Å². The highest BCUT2D eigenvalue weighted by Gasteiger charge is 2.17. The van der Waals surface area contributed by atoms with Gasteiger partial charge in [-0.2, -0.15) is 0 Å². The van der Waals surface area contributed by atoms with Crippen LogP contribution in [0.4, 0.5) is 11.4 Å². The van der Waals surface area contributed by atoms with Crippen molar-refractivity contribution in [1.82, 2.24) is 9.88 Å². The molecule has 1 aromatic heterocycles. The molecule has 2 heterocycles. The quantitative estimate of drug-likeness (QED) is 0.587. The van der Waals surface area contributed by atoms with E-state index in [2.05, 4.69) is 47.2 Å². The first-order chi connectivity index (χ1) is 13.1. The average molecular weight is 380 g/mol. The summed E-state index contributed by atoms with van der Waals surface area (Å²) in [6.07, 6.45) is 4.49. The van der Waals surface area contributed by atoms with E-state index in [0.29, 0.717) is 5.02 Å². The second-order valence-corrected chi connectivity index (χ2v) is 8.21. The number of anilines is 2. The Morgan fingerprint density at radius 1 is 1.19 bits per heavy atom. The first-order valence-corrected chi connectivity index (χ1v) is 10.1. The Morgan fingerprint density at radius 3 is 2.93 bits per heavy atom. The lowest BCUT2D eigenvalue weighted by Gasteiger charge is -2.31. The zero-order valence-electron chi connectivity index (χ0n) is 16.0. The molecule has 1 unspecified atom stereocenters. The predicted molar refractivity (Wildman–Crippen MR) is 115 cm³/mol. The van der Waals surface area contributed by atoms with Gasteiger partial charge in [0.2, 0.25) is 0 Å². The number of aromatic nitrogens is 1. The van der Waals surface area contributed by atoms with Crippen LogP contribution in [0.2, 0.25) is 5.02 Å². The molecule has 4 heteroatoms. The largest absolute Gasteiger partial charge is 0.355 e. The SMILES string of the molecule is Cc1ccc(Nc2ccnc3cc(Cl)ccc23)cc1CN1CCCC(C)C1. The van der Waals surface area contributed by atoms with Crippen LogP contribution in [0.5, 0.6) is 0 Å². The van der Waals surface area contributed by atoms with Gasteiger partial charge in [-0.25, -0.2) is 0 Å². The first-order valence-electron chi connectivity index (χ1n) is 9.71. The molecule has 1 saturated heterocycles. The van der Waals surface area contributed by atoms with E-state index in [1.165, 1.54) is 37.1 Å². The number of benzene rings is 2. The van der Waals surface area contributed by atoms with E-state index in [9.17, 15) is 0 Å². The Kier molecular flexibility index (Phi) is 5.33. The summed E-state index contributed by atoms with van der Waals surface area (Å²) in [5.74, 6) is 0.801. The van der Waals surface area contributed by atoms with E-state index in [-0.39, 0.29) is 0 Å². The van der Waals surface area contributed by atoms with Gasteiger partial charge < -0.3 is 5.32 Å². The van der Waals surface area contributed by atoms with E-state index in [1.54, 1.807) is 0 Å². The minimum atomic E-state index is 0.709. The molecule has 0 saturated carbocycles. The van der Waals surface area contributed by atoms with Gasteiger partial charge in [-0.15, -0.1) is 0 Å². The van der Waals surface area contributed by atoms with Crippen LogP contribution in [0.15, 0.2) is 48.7 Å². The monoisotopic (exact) mass is 379 g/mol. The van der Waals surface area contributed by atoms with Crippen LogP contribution in [0, 0.1) is 12.8 Å². The van der Waals surface area contributed by atoms with Crippen molar-refractivity contribution in [1.29, 1.82) is 0 Å². The summed E-state index contributed by atoms with van der Waals surface area (Å²) >= 11 is 6.11. The fraction of sp³-hybridized carbons (Fsp3) is 0.348. The van der Waals surface area contributed by atoms with E-state index >= 15 is 0 Å². The number of halogens is 1.